The van der Waals surface area contributed by atoms with Crippen molar-refractivity contribution in [1.82, 2.24) is 4.98 Å². The molecule has 0 bridgehead atoms. The molecule has 2 aliphatic carbocycles. The van der Waals surface area contributed by atoms with Crippen LogP contribution in [0.1, 0.15) is 36.0 Å². The summed E-state index contributed by atoms with van der Waals surface area (Å²) in [5, 5.41) is 3.19. The van der Waals surface area contributed by atoms with E-state index in [4.69, 9.17) is 10.5 Å². The number of guanidine groups is 1. The summed E-state index contributed by atoms with van der Waals surface area (Å²) in [5.41, 5.74) is 11.0. The molecule has 0 amide bonds. The van der Waals surface area contributed by atoms with Crippen LogP contribution in [0.3, 0.4) is 0 Å². The molecule has 0 spiro atoms. The van der Waals surface area contributed by atoms with Gasteiger partial charge in [0.1, 0.15) is 0 Å². The number of fused-ring (bicyclic) bond motifs is 1. The zero-order chi connectivity index (χ0) is 17.1. The minimum absolute atomic E-state index is 0. The fourth-order valence-corrected chi connectivity index (χ4v) is 3.13. The number of nitrogens with one attached hydrogen (secondary N) is 1. The number of hydrogen-bond donors (Lipinski definition) is 2. The maximum absolute atomic E-state index is 6.04. The number of aliphatic imine (C=N–C) groups is 1. The second-order valence-corrected chi connectivity index (χ2v) is 6.92. The van der Waals surface area contributed by atoms with E-state index in [1.165, 1.54) is 36.8 Å². The summed E-state index contributed by atoms with van der Waals surface area (Å²) < 4.78 is 5.71. The number of halogens is 1. The molecule has 0 radical (unpaired) electrons. The van der Waals surface area contributed by atoms with Crippen LogP contribution < -0.4 is 15.8 Å². The summed E-state index contributed by atoms with van der Waals surface area (Å²) in [7, 11) is 0. The number of benzene rings is 1. The van der Waals surface area contributed by atoms with E-state index >= 15 is 0 Å². The number of aryl methyl sites for hydroxylation is 2. The van der Waals surface area contributed by atoms with Crippen LogP contribution in [0.15, 0.2) is 41.5 Å². The van der Waals surface area contributed by atoms with Crippen LogP contribution in [-0.4, -0.2) is 17.6 Å². The quantitative estimate of drug-likeness (QED) is 0.387. The molecule has 1 heterocycles. The van der Waals surface area contributed by atoms with Crippen LogP contribution in [0, 0.1) is 5.92 Å². The van der Waals surface area contributed by atoms with Gasteiger partial charge in [0.25, 0.3) is 0 Å². The van der Waals surface area contributed by atoms with Crippen molar-refractivity contribution in [3.8, 4) is 5.88 Å². The second kappa shape index (κ2) is 8.70. The summed E-state index contributed by atoms with van der Waals surface area (Å²) in [5.74, 6) is 1.82. The lowest BCUT2D eigenvalue weighted by Crippen LogP contribution is -2.22. The lowest BCUT2D eigenvalue weighted by Gasteiger charge is -2.08. The molecule has 3 N–H and O–H groups in total. The number of nitrogens with two attached hydrogens (primary N) is 1. The Labute approximate surface area is 171 Å². The summed E-state index contributed by atoms with van der Waals surface area (Å²) in [6.45, 7) is 1.27. The molecule has 5 nitrogen and oxygen atoms in total. The van der Waals surface area contributed by atoms with Gasteiger partial charge in [-0.2, -0.15) is 0 Å². The average Bonchev–Trinajstić information content (AvgIpc) is 3.34. The number of nitrogens with zero attached hydrogens (tertiary/aromatic N) is 2. The van der Waals surface area contributed by atoms with E-state index in [-0.39, 0.29) is 24.0 Å². The van der Waals surface area contributed by atoms with Crippen molar-refractivity contribution in [2.75, 3.05) is 11.9 Å². The zero-order valence-corrected chi connectivity index (χ0v) is 17.1. The van der Waals surface area contributed by atoms with Gasteiger partial charge in [-0.15, -0.1) is 24.0 Å². The molecule has 0 atom stereocenters. The number of hydrogen-bond acceptors (Lipinski definition) is 3. The van der Waals surface area contributed by atoms with E-state index < -0.39 is 0 Å². The van der Waals surface area contributed by atoms with Crippen molar-refractivity contribution in [3.05, 3.63) is 53.2 Å². The largest absolute Gasteiger partial charge is 0.477 e. The predicted molar refractivity (Wildman–Crippen MR) is 115 cm³/mol. The van der Waals surface area contributed by atoms with Crippen LogP contribution in [0.4, 0.5) is 5.69 Å². The fraction of sp³-hybridized carbons (Fsp3) is 0.400. The highest BCUT2D eigenvalue weighted by atomic mass is 127. The van der Waals surface area contributed by atoms with Crippen LogP contribution in [0.5, 0.6) is 5.88 Å². The van der Waals surface area contributed by atoms with Crippen molar-refractivity contribution in [2.24, 2.45) is 16.6 Å². The smallest absolute Gasteiger partial charge is 0.213 e. The minimum atomic E-state index is 0. The average molecular weight is 464 g/mol. The van der Waals surface area contributed by atoms with Gasteiger partial charge in [0, 0.05) is 18.0 Å². The maximum Gasteiger partial charge on any atom is 0.213 e. The van der Waals surface area contributed by atoms with Gasteiger partial charge < -0.3 is 15.8 Å². The van der Waals surface area contributed by atoms with Crippen molar-refractivity contribution < 1.29 is 4.74 Å². The Morgan fingerprint density at radius 1 is 1.19 bits per heavy atom. The first-order valence-electron chi connectivity index (χ1n) is 9.03. The Hall–Kier alpha value is -1.83. The Bertz CT molecular complexity index is 789. The van der Waals surface area contributed by atoms with Gasteiger partial charge in [0.2, 0.25) is 5.88 Å². The third-order valence-electron chi connectivity index (χ3n) is 4.77. The van der Waals surface area contributed by atoms with Gasteiger partial charge in [-0.3, -0.25) is 0 Å². The van der Waals surface area contributed by atoms with Gasteiger partial charge >= 0.3 is 0 Å². The first-order valence-corrected chi connectivity index (χ1v) is 9.03. The fourth-order valence-electron chi connectivity index (χ4n) is 3.13. The number of ether oxygens (including phenoxy) is 1. The molecule has 4 rings (SSSR count). The van der Waals surface area contributed by atoms with E-state index in [0.29, 0.717) is 18.4 Å². The molecule has 6 heteroatoms. The molecular weight excluding hydrogens is 439 g/mol. The molecule has 26 heavy (non-hydrogen) atoms. The van der Waals surface area contributed by atoms with Gasteiger partial charge in [0.05, 0.1) is 13.2 Å². The van der Waals surface area contributed by atoms with Gasteiger partial charge in [-0.05, 0) is 72.9 Å². The summed E-state index contributed by atoms with van der Waals surface area (Å²) in [4.78, 5) is 8.68. The molecule has 2 aromatic rings. The SMILES string of the molecule is I.NC(=NCc1ccnc(OCC2CC2)c1)Nc1ccc2c(c1)CCC2. The molecular formula is C20H25IN4O. The lowest BCUT2D eigenvalue weighted by molar-refractivity contribution is 0.288. The Kier molecular flexibility index (Phi) is 6.34. The Morgan fingerprint density at radius 2 is 2.04 bits per heavy atom. The lowest BCUT2D eigenvalue weighted by atomic mass is 10.1. The summed E-state index contributed by atoms with van der Waals surface area (Å²) in [6.07, 6.45) is 7.89. The second-order valence-electron chi connectivity index (χ2n) is 6.92. The number of pyridine rings is 1. The predicted octanol–water partition coefficient (Wildman–Crippen LogP) is 3.90. The molecule has 1 fully saturated rings. The Morgan fingerprint density at radius 3 is 2.88 bits per heavy atom. The van der Waals surface area contributed by atoms with Gasteiger partial charge in [0.15, 0.2) is 5.96 Å². The van der Waals surface area contributed by atoms with Crippen LogP contribution >= 0.6 is 24.0 Å². The standard InChI is InChI=1S/C20H24N4O.HI/c21-20(24-18-7-6-16-2-1-3-17(16)11-18)23-12-15-8-9-22-19(10-15)25-13-14-4-5-14;/h6-11,14H,1-5,12-13H2,(H3,21,23,24);1H. The Balaban J connectivity index is 0.00000196. The number of rotatable bonds is 6. The molecule has 1 saturated carbocycles. The number of anilines is 1. The van der Waals surface area contributed by atoms with Crippen molar-refractivity contribution in [2.45, 2.75) is 38.6 Å². The van der Waals surface area contributed by atoms with Crippen molar-refractivity contribution >= 4 is 35.6 Å². The molecule has 1 aromatic carbocycles. The van der Waals surface area contributed by atoms with Crippen LogP contribution in [0.25, 0.3) is 0 Å². The molecule has 138 valence electrons. The molecule has 0 unspecified atom stereocenters. The minimum Gasteiger partial charge on any atom is -0.477 e. The van der Waals surface area contributed by atoms with Crippen molar-refractivity contribution in [3.63, 3.8) is 0 Å². The van der Waals surface area contributed by atoms with E-state index in [0.717, 1.165) is 30.2 Å². The first-order chi connectivity index (χ1) is 12.3. The third-order valence-corrected chi connectivity index (χ3v) is 4.77. The topological polar surface area (TPSA) is 72.5 Å². The first kappa shape index (κ1) is 18.9. The summed E-state index contributed by atoms with van der Waals surface area (Å²) >= 11 is 0. The van der Waals surface area contributed by atoms with E-state index in [1.807, 2.05) is 12.1 Å². The normalized spacial score (nSPS) is 15.9. The molecule has 1 aromatic heterocycles. The van der Waals surface area contributed by atoms with E-state index in [2.05, 4.69) is 33.5 Å². The maximum atomic E-state index is 6.04. The van der Waals surface area contributed by atoms with E-state index in [1.54, 1.807) is 6.20 Å². The molecule has 2 aliphatic rings. The van der Waals surface area contributed by atoms with E-state index in [9.17, 15) is 0 Å². The molecule has 0 aliphatic heterocycles. The van der Waals surface area contributed by atoms with Gasteiger partial charge in [-0.25, -0.2) is 9.98 Å². The third kappa shape index (κ3) is 5.09. The van der Waals surface area contributed by atoms with Crippen LogP contribution in [0.2, 0.25) is 0 Å². The van der Waals surface area contributed by atoms with Crippen LogP contribution in [-0.2, 0) is 19.4 Å². The summed E-state index contributed by atoms with van der Waals surface area (Å²) in [6, 6.07) is 10.3. The monoisotopic (exact) mass is 464 g/mol. The number of aromatic nitrogens is 1. The van der Waals surface area contributed by atoms with Gasteiger partial charge in [-0.1, -0.05) is 6.07 Å². The zero-order valence-electron chi connectivity index (χ0n) is 14.8. The van der Waals surface area contributed by atoms with Crippen molar-refractivity contribution in [1.29, 1.82) is 0 Å². The highest BCUT2D eigenvalue weighted by Gasteiger charge is 2.22. The molecule has 0 saturated heterocycles. The highest BCUT2D eigenvalue weighted by Crippen LogP contribution is 2.29. The highest BCUT2D eigenvalue weighted by molar-refractivity contribution is 14.0.